The Kier molecular flexibility index (Phi) is 2.09. The van der Waals surface area contributed by atoms with Gasteiger partial charge in [0.15, 0.2) is 0 Å². The van der Waals surface area contributed by atoms with Gasteiger partial charge in [-0.1, -0.05) is 6.08 Å². The van der Waals surface area contributed by atoms with E-state index in [2.05, 4.69) is 6.58 Å². The van der Waals surface area contributed by atoms with E-state index < -0.39 is 11.7 Å². The average Bonchev–Trinajstić information content (AvgIpc) is 1.98. The number of hydrogen-bond donors (Lipinski definition) is 1. The van der Waals surface area contributed by atoms with Crippen LogP contribution in [0.2, 0.25) is 0 Å². The summed E-state index contributed by atoms with van der Waals surface area (Å²) in [6, 6.07) is 0. The molecule has 0 aromatic carbocycles. The summed E-state index contributed by atoms with van der Waals surface area (Å²) in [4.78, 5) is 0. The Morgan fingerprint density at radius 2 is 1.75 bits per heavy atom. The first kappa shape index (κ1) is 9.75. The van der Waals surface area contributed by atoms with Gasteiger partial charge in [0, 0.05) is 5.92 Å². The molecule has 0 aromatic rings. The lowest BCUT2D eigenvalue weighted by Crippen LogP contribution is -2.34. The van der Waals surface area contributed by atoms with Crippen molar-refractivity contribution in [1.29, 1.82) is 0 Å². The zero-order valence-corrected chi connectivity index (χ0v) is 8.29. The van der Waals surface area contributed by atoms with Crippen LogP contribution >= 0.6 is 0 Å². The molecule has 0 spiro atoms. The molecule has 70 valence electrons. The van der Waals surface area contributed by atoms with E-state index in [1.165, 1.54) is 0 Å². The predicted octanol–water partition coefficient (Wildman–Crippen LogP) is 1.74. The maximum atomic E-state index is 9.86. The van der Waals surface area contributed by atoms with Crippen LogP contribution in [-0.4, -0.2) is 22.4 Å². The maximum Gasteiger partial charge on any atom is 0.0914 e. The molecule has 1 heterocycles. The van der Waals surface area contributed by atoms with Crippen molar-refractivity contribution >= 4 is 0 Å². The molecule has 1 saturated heterocycles. The summed E-state index contributed by atoms with van der Waals surface area (Å²) in [5, 5.41) is 9.86. The second kappa shape index (κ2) is 2.57. The highest BCUT2D eigenvalue weighted by atomic mass is 16.5. The monoisotopic (exact) mass is 170 g/mol. The minimum atomic E-state index is -0.456. The first-order valence-corrected chi connectivity index (χ1v) is 4.32. The van der Waals surface area contributed by atoms with Crippen LogP contribution in [0.25, 0.3) is 0 Å². The number of hydrogen-bond acceptors (Lipinski definition) is 2. The van der Waals surface area contributed by atoms with Crippen LogP contribution in [0.3, 0.4) is 0 Å². The van der Waals surface area contributed by atoms with Gasteiger partial charge >= 0.3 is 0 Å². The second-order valence-corrected chi connectivity index (χ2v) is 4.52. The number of ether oxygens (including phenoxy) is 1. The van der Waals surface area contributed by atoms with Gasteiger partial charge in [-0.05, 0) is 27.7 Å². The summed E-state index contributed by atoms with van der Waals surface area (Å²) in [6.07, 6.45) is 1.32. The van der Waals surface area contributed by atoms with Crippen LogP contribution in [0.1, 0.15) is 27.7 Å². The molecule has 0 aliphatic carbocycles. The van der Waals surface area contributed by atoms with Gasteiger partial charge in [0.2, 0.25) is 0 Å². The van der Waals surface area contributed by atoms with Crippen molar-refractivity contribution in [2.75, 3.05) is 0 Å². The third-order valence-electron chi connectivity index (χ3n) is 2.64. The molecule has 0 saturated carbocycles. The van der Waals surface area contributed by atoms with E-state index in [9.17, 15) is 5.11 Å². The van der Waals surface area contributed by atoms with Crippen molar-refractivity contribution in [3.05, 3.63) is 12.7 Å². The van der Waals surface area contributed by atoms with Gasteiger partial charge < -0.3 is 9.84 Å². The fourth-order valence-electron chi connectivity index (χ4n) is 2.03. The number of aliphatic hydroxyl groups is 1. The summed E-state index contributed by atoms with van der Waals surface area (Å²) in [5.74, 6) is 0.0208. The Morgan fingerprint density at radius 3 is 1.92 bits per heavy atom. The summed E-state index contributed by atoms with van der Waals surface area (Å²) in [6.45, 7) is 11.5. The van der Waals surface area contributed by atoms with Gasteiger partial charge in [0.05, 0.1) is 17.3 Å². The van der Waals surface area contributed by atoms with Crippen LogP contribution in [0.4, 0.5) is 0 Å². The largest absolute Gasteiger partial charge is 0.389 e. The van der Waals surface area contributed by atoms with E-state index >= 15 is 0 Å². The minimum absolute atomic E-state index is 0.0208. The molecule has 1 N–H and O–H groups in total. The average molecular weight is 170 g/mol. The lowest BCUT2D eigenvalue weighted by molar-refractivity contribution is -0.0899. The summed E-state index contributed by atoms with van der Waals surface area (Å²) < 4.78 is 5.73. The van der Waals surface area contributed by atoms with Gasteiger partial charge in [0.25, 0.3) is 0 Å². The molecule has 1 fully saturated rings. The van der Waals surface area contributed by atoms with E-state index in [4.69, 9.17) is 4.74 Å². The second-order valence-electron chi connectivity index (χ2n) is 4.52. The molecule has 0 aromatic heterocycles. The highest BCUT2D eigenvalue weighted by molar-refractivity contribution is 5.07. The van der Waals surface area contributed by atoms with Crippen molar-refractivity contribution in [2.24, 2.45) is 5.92 Å². The van der Waals surface area contributed by atoms with Crippen molar-refractivity contribution < 1.29 is 9.84 Å². The predicted molar refractivity (Wildman–Crippen MR) is 48.9 cm³/mol. The number of rotatable bonds is 1. The molecule has 1 aliphatic rings. The summed E-state index contributed by atoms with van der Waals surface area (Å²) in [5.41, 5.74) is -0.757. The van der Waals surface area contributed by atoms with E-state index in [1.807, 2.05) is 27.7 Å². The minimum Gasteiger partial charge on any atom is -0.389 e. The lowest BCUT2D eigenvalue weighted by atomic mass is 9.85. The molecule has 0 radical (unpaired) electrons. The molecule has 2 atom stereocenters. The van der Waals surface area contributed by atoms with E-state index in [0.29, 0.717) is 0 Å². The van der Waals surface area contributed by atoms with Crippen LogP contribution in [0.15, 0.2) is 12.7 Å². The Balaban J connectivity index is 2.95. The summed E-state index contributed by atoms with van der Waals surface area (Å²) in [7, 11) is 0. The highest BCUT2D eigenvalue weighted by Crippen LogP contribution is 2.42. The molecule has 1 aliphatic heterocycles. The standard InChI is InChI=1S/C10H18O2/c1-6-7-8(11)10(4,5)12-9(7,2)3/h6-8,11H,1H2,2-5H3/t7?,8-/m0/s1. The Labute approximate surface area is 74.2 Å². The van der Waals surface area contributed by atoms with Crippen molar-refractivity contribution in [3.8, 4) is 0 Å². The van der Waals surface area contributed by atoms with Crippen LogP contribution < -0.4 is 0 Å². The van der Waals surface area contributed by atoms with E-state index in [0.717, 1.165) is 0 Å². The molecule has 2 heteroatoms. The fourth-order valence-corrected chi connectivity index (χ4v) is 2.03. The lowest BCUT2D eigenvalue weighted by Gasteiger charge is -2.25. The van der Waals surface area contributed by atoms with Gasteiger partial charge in [-0.25, -0.2) is 0 Å². The van der Waals surface area contributed by atoms with E-state index in [-0.39, 0.29) is 11.5 Å². The smallest absolute Gasteiger partial charge is 0.0914 e. The van der Waals surface area contributed by atoms with Crippen molar-refractivity contribution in [3.63, 3.8) is 0 Å². The van der Waals surface area contributed by atoms with Gasteiger partial charge in [-0.2, -0.15) is 0 Å². The quantitative estimate of drug-likeness (QED) is 0.607. The fraction of sp³-hybridized carbons (Fsp3) is 0.800. The van der Waals surface area contributed by atoms with E-state index in [1.54, 1.807) is 6.08 Å². The topological polar surface area (TPSA) is 29.5 Å². The molecule has 0 amide bonds. The van der Waals surface area contributed by atoms with Gasteiger partial charge in [0.1, 0.15) is 0 Å². The molecular weight excluding hydrogens is 152 g/mol. The zero-order chi connectivity index (χ0) is 9.57. The first-order chi connectivity index (χ1) is 5.31. The third kappa shape index (κ3) is 1.29. The molecule has 1 unspecified atom stereocenters. The molecule has 2 nitrogen and oxygen atoms in total. The maximum absolute atomic E-state index is 9.86. The van der Waals surface area contributed by atoms with Crippen LogP contribution in [0, 0.1) is 5.92 Å². The normalized spacial score (nSPS) is 38.1. The summed E-state index contributed by atoms with van der Waals surface area (Å²) >= 11 is 0. The molecule has 0 bridgehead atoms. The van der Waals surface area contributed by atoms with Crippen LogP contribution in [-0.2, 0) is 4.74 Å². The Hall–Kier alpha value is -0.340. The SMILES string of the molecule is C=CC1[C@H](O)C(C)(C)OC1(C)C. The number of aliphatic hydroxyl groups excluding tert-OH is 1. The first-order valence-electron chi connectivity index (χ1n) is 4.32. The molecule has 1 rings (SSSR count). The molecule has 12 heavy (non-hydrogen) atoms. The zero-order valence-electron chi connectivity index (χ0n) is 8.29. The molecular formula is C10H18O2. The van der Waals surface area contributed by atoms with Crippen LogP contribution in [0.5, 0.6) is 0 Å². The van der Waals surface area contributed by atoms with Crippen molar-refractivity contribution in [1.82, 2.24) is 0 Å². The van der Waals surface area contributed by atoms with Gasteiger partial charge in [-0.3, -0.25) is 0 Å². The van der Waals surface area contributed by atoms with Gasteiger partial charge in [-0.15, -0.1) is 6.58 Å². The Morgan fingerprint density at radius 1 is 1.25 bits per heavy atom. The third-order valence-corrected chi connectivity index (χ3v) is 2.64. The Bertz CT molecular complexity index is 194. The highest BCUT2D eigenvalue weighted by Gasteiger charge is 2.51. The van der Waals surface area contributed by atoms with Crippen molar-refractivity contribution in [2.45, 2.75) is 45.0 Å².